The van der Waals surface area contributed by atoms with E-state index in [0.29, 0.717) is 6.04 Å². The van der Waals surface area contributed by atoms with Crippen molar-refractivity contribution in [1.29, 1.82) is 0 Å². The zero-order chi connectivity index (χ0) is 8.39. The van der Waals surface area contributed by atoms with Crippen molar-refractivity contribution in [3.63, 3.8) is 0 Å². The highest BCUT2D eigenvalue weighted by Gasteiger charge is 2.24. The normalized spacial score (nSPS) is 30.1. The minimum absolute atomic E-state index is 0.0816. The summed E-state index contributed by atoms with van der Waals surface area (Å²) < 4.78 is 0. The van der Waals surface area contributed by atoms with E-state index in [0.717, 1.165) is 0 Å². The summed E-state index contributed by atoms with van der Waals surface area (Å²) in [6, 6.07) is 0.689. The predicted octanol–water partition coefficient (Wildman–Crippen LogP) is 2.88. The van der Waals surface area contributed by atoms with E-state index < -0.39 is 0 Å². The largest absolute Gasteiger partial charge is 0.355 e. The number of hydrogen-bond donors (Lipinski definition) is 0. The number of allylic oxidation sites excluding steroid dienone is 2. The molecule has 0 saturated heterocycles. The van der Waals surface area contributed by atoms with Gasteiger partial charge in [-0.25, -0.2) is 0 Å². The van der Waals surface area contributed by atoms with Crippen molar-refractivity contribution in [2.45, 2.75) is 37.2 Å². The summed E-state index contributed by atoms with van der Waals surface area (Å²) >= 11 is 6.15. The van der Waals surface area contributed by atoms with Gasteiger partial charge in [-0.05, 0) is 25.0 Å². The number of halogens is 1. The Morgan fingerprint density at radius 2 is 1.92 bits per heavy atom. The Bertz CT molecular complexity index is 204. The van der Waals surface area contributed by atoms with Crippen LogP contribution in [0.4, 0.5) is 0 Å². The number of rotatable bonds is 1. The van der Waals surface area contributed by atoms with Crippen LogP contribution in [0, 0.1) is 0 Å². The van der Waals surface area contributed by atoms with E-state index in [2.05, 4.69) is 17.2 Å². The van der Waals surface area contributed by atoms with Crippen LogP contribution in [0.3, 0.4) is 0 Å². The summed E-state index contributed by atoms with van der Waals surface area (Å²) in [4.78, 5) is 2.27. The lowest BCUT2D eigenvalue weighted by Crippen LogP contribution is -2.34. The van der Waals surface area contributed by atoms with Gasteiger partial charge in [-0.3, -0.25) is 0 Å². The lowest BCUT2D eigenvalue weighted by atomic mass is 10.2. The van der Waals surface area contributed by atoms with Gasteiger partial charge in [0.25, 0.3) is 0 Å². The molecular weight excluding hydrogens is 170 g/mol. The maximum Gasteiger partial charge on any atom is 0.123 e. The van der Waals surface area contributed by atoms with Crippen molar-refractivity contribution in [3.8, 4) is 0 Å². The number of hydrogen-bond acceptors (Lipinski definition) is 1. The summed E-state index contributed by atoms with van der Waals surface area (Å²) in [6.45, 7) is 0. The predicted molar refractivity (Wildman–Crippen MR) is 52.0 cm³/mol. The van der Waals surface area contributed by atoms with Crippen molar-refractivity contribution in [3.05, 3.63) is 24.4 Å². The molecule has 1 saturated carbocycles. The van der Waals surface area contributed by atoms with Crippen molar-refractivity contribution < 1.29 is 0 Å². The second-order valence-corrected chi connectivity index (χ2v) is 3.93. The van der Waals surface area contributed by atoms with E-state index in [4.69, 9.17) is 11.6 Å². The molecule has 0 aromatic carbocycles. The van der Waals surface area contributed by atoms with E-state index in [1.54, 1.807) is 0 Å². The quantitative estimate of drug-likeness (QED) is 0.447. The second kappa shape index (κ2) is 3.53. The third-order valence-corrected chi connectivity index (χ3v) is 3.04. The smallest absolute Gasteiger partial charge is 0.123 e. The first-order valence-corrected chi connectivity index (χ1v) is 5.08. The van der Waals surface area contributed by atoms with E-state index >= 15 is 0 Å². The standard InChI is InChI=1S/C10H14ClN/c11-10-7-3-4-8-12(10)9-5-1-2-6-9/h3-4,7-10H,1-2,5-6H2. The first kappa shape index (κ1) is 8.18. The zero-order valence-electron chi connectivity index (χ0n) is 7.12. The minimum Gasteiger partial charge on any atom is -0.355 e. The van der Waals surface area contributed by atoms with Crippen LogP contribution in [0.1, 0.15) is 25.7 Å². The van der Waals surface area contributed by atoms with Gasteiger partial charge in [-0.15, -0.1) is 0 Å². The average molecular weight is 184 g/mol. The van der Waals surface area contributed by atoms with Crippen LogP contribution < -0.4 is 0 Å². The van der Waals surface area contributed by atoms with Gasteiger partial charge in [-0.1, -0.05) is 30.5 Å². The van der Waals surface area contributed by atoms with Gasteiger partial charge in [-0.2, -0.15) is 0 Å². The average Bonchev–Trinajstić information content (AvgIpc) is 2.57. The van der Waals surface area contributed by atoms with E-state index in [-0.39, 0.29) is 5.50 Å². The minimum atomic E-state index is 0.0816. The molecule has 0 aromatic rings. The summed E-state index contributed by atoms with van der Waals surface area (Å²) in [5.74, 6) is 0. The van der Waals surface area contributed by atoms with Crippen molar-refractivity contribution >= 4 is 11.6 Å². The summed E-state index contributed by atoms with van der Waals surface area (Å²) in [6.07, 6.45) is 13.6. The van der Waals surface area contributed by atoms with Crippen LogP contribution in [0.25, 0.3) is 0 Å². The molecule has 1 nitrogen and oxygen atoms in total. The molecule has 1 unspecified atom stereocenters. The molecule has 2 rings (SSSR count). The molecule has 1 aliphatic carbocycles. The Morgan fingerprint density at radius 3 is 2.58 bits per heavy atom. The van der Waals surface area contributed by atoms with Gasteiger partial charge in [0.1, 0.15) is 5.50 Å². The van der Waals surface area contributed by atoms with Gasteiger partial charge < -0.3 is 4.90 Å². The fourth-order valence-corrected chi connectivity index (χ4v) is 2.32. The van der Waals surface area contributed by atoms with E-state index in [1.807, 2.05) is 12.2 Å². The molecule has 1 heterocycles. The topological polar surface area (TPSA) is 3.24 Å². The molecule has 0 aromatic heterocycles. The van der Waals surface area contributed by atoms with Crippen molar-refractivity contribution in [1.82, 2.24) is 4.90 Å². The SMILES string of the molecule is ClC1C=CC=CN1C1CCCC1. The highest BCUT2D eigenvalue weighted by molar-refractivity contribution is 6.21. The number of alkyl halides is 1. The summed E-state index contributed by atoms with van der Waals surface area (Å²) in [5, 5.41) is 0. The molecule has 0 amide bonds. The molecule has 12 heavy (non-hydrogen) atoms. The highest BCUT2D eigenvalue weighted by atomic mass is 35.5. The molecule has 1 aliphatic heterocycles. The third-order valence-electron chi connectivity index (χ3n) is 2.67. The lowest BCUT2D eigenvalue weighted by molar-refractivity contribution is 0.281. The fraction of sp³-hybridized carbons (Fsp3) is 0.600. The first-order valence-electron chi connectivity index (χ1n) is 4.64. The third kappa shape index (κ3) is 1.51. The van der Waals surface area contributed by atoms with Crippen LogP contribution in [-0.2, 0) is 0 Å². The molecule has 0 bridgehead atoms. The van der Waals surface area contributed by atoms with Crippen molar-refractivity contribution in [2.75, 3.05) is 0 Å². The van der Waals surface area contributed by atoms with Gasteiger partial charge >= 0.3 is 0 Å². The Kier molecular flexibility index (Phi) is 2.40. The molecular formula is C10H14ClN. The van der Waals surface area contributed by atoms with Crippen molar-refractivity contribution in [2.24, 2.45) is 0 Å². The highest BCUT2D eigenvalue weighted by Crippen LogP contribution is 2.27. The maximum absolute atomic E-state index is 6.15. The fourth-order valence-electron chi connectivity index (χ4n) is 2.01. The Labute approximate surface area is 78.7 Å². The lowest BCUT2D eigenvalue weighted by Gasteiger charge is -2.31. The molecule has 0 spiro atoms. The van der Waals surface area contributed by atoms with Gasteiger partial charge in [0.2, 0.25) is 0 Å². The Hall–Kier alpha value is -0.430. The molecule has 1 fully saturated rings. The Balaban J connectivity index is 2.02. The Morgan fingerprint density at radius 1 is 1.17 bits per heavy atom. The molecule has 0 radical (unpaired) electrons. The maximum atomic E-state index is 6.15. The first-order chi connectivity index (χ1) is 5.88. The summed E-state index contributed by atoms with van der Waals surface area (Å²) in [5.41, 5.74) is 0.0816. The van der Waals surface area contributed by atoms with Crippen LogP contribution in [0.2, 0.25) is 0 Å². The molecule has 1 atom stereocenters. The molecule has 0 N–H and O–H groups in total. The molecule has 2 heteroatoms. The van der Waals surface area contributed by atoms with E-state index in [9.17, 15) is 0 Å². The van der Waals surface area contributed by atoms with Gasteiger partial charge in [0.15, 0.2) is 0 Å². The number of nitrogens with zero attached hydrogens (tertiary/aromatic N) is 1. The molecule has 66 valence electrons. The van der Waals surface area contributed by atoms with Gasteiger partial charge in [0, 0.05) is 12.2 Å². The van der Waals surface area contributed by atoms with Gasteiger partial charge in [0.05, 0.1) is 0 Å². The van der Waals surface area contributed by atoms with Crippen LogP contribution in [-0.4, -0.2) is 16.4 Å². The van der Waals surface area contributed by atoms with E-state index in [1.165, 1.54) is 25.7 Å². The van der Waals surface area contributed by atoms with Crippen LogP contribution in [0.5, 0.6) is 0 Å². The van der Waals surface area contributed by atoms with Crippen LogP contribution >= 0.6 is 11.6 Å². The monoisotopic (exact) mass is 183 g/mol. The zero-order valence-corrected chi connectivity index (χ0v) is 7.87. The molecule has 2 aliphatic rings. The van der Waals surface area contributed by atoms with Crippen LogP contribution in [0.15, 0.2) is 24.4 Å². The summed E-state index contributed by atoms with van der Waals surface area (Å²) in [7, 11) is 0. The second-order valence-electron chi connectivity index (χ2n) is 3.48.